The fraction of sp³-hybridized carbons (Fsp3) is 0.273. The van der Waals surface area contributed by atoms with Crippen molar-refractivity contribution < 1.29 is 4.43 Å². The largest absolute Gasteiger partial charge is 0.543 e. The molecule has 14 heavy (non-hydrogen) atoms. The molecule has 0 N–H and O–H groups in total. The Hall–Kier alpha value is -0.733. The summed E-state index contributed by atoms with van der Waals surface area (Å²) in [6, 6.07) is 9.92. The minimum absolute atomic E-state index is 0.770. The zero-order valence-electron chi connectivity index (χ0n) is 8.75. The van der Waals surface area contributed by atoms with Crippen LogP contribution in [0.15, 0.2) is 35.9 Å². The molecular formula is C11H15ClOSi. The Bertz CT molecular complexity index is 314. The summed E-state index contributed by atoms with van der Waals surface area (Å²) in [7, 11) is -1.58. The molecule has 0 aliphatic heterocycles. The average Bonchev–Trinajstić information content (AvgIpc) is 2.14. The summed E-state index contributed by atoms with van der Waals surface area (Å²) >= 11 is 5.74. The van der Waals surface area contributed by atoms with Gasteiger partial charge in [0.25, 0.3) is 0 Å². The predicted molar refractivity (Wildman–Crippen MR) is 64.7 cm³/mol. The number of rotatable bonds is 3. The molecule has 0 aliphatic carbocycles. The second-order valence-electron chi connectivity index (χ2n) is 4.05. The van der Waals surface area contributed by atoms with Gasteiger partial charge in [-0.3, -0.25) is 0 Å². The number of halogens is 1. The molecule has 0 unspecified atom stereocenters. The van der Waals surface area contributed by atoms with Crippen LogP contribution in [0.1, 0.15) is 5.56 Å². The van der Waals surface area contributed by atoms with Crippen molar-refractivity contribution in [2.45, 2.75) is 19.6 Å². The highest BCUT2D eigenvalue weighted by molar-refractivity contribution is 6.70. The molecule has 76 valence electrons. The van der Waals surface area contributed by atoms with Crippen molar-refractivity contribution >= 4 is 25.7 Å². The van der Waals surface area contributed by atoms with Gasteiger partial charge in [-0.2, -0.15) is 0 Å². The normalized spacial score (nSPS) is 12.7. The molecule has 1 nitrogen and oxygen atoms in total. The van der Waals surface area contributed by atoms with Crippen LogP contribution in [0.25, 0.3) is 5.76 Å². The summed E-state index contributed by atoms with van der Waals surface area (Å²) < 4.78 is 5.84. The molecule has 0 heterocycles. The van der Waals surface area contributed by atoms with Gasteiger partial charge in [0.15, 0.2) is 0 Å². The van der Waals surface area contributed by atoms with Crippen molar-refractivity contribution in [2.24, 2.45) is 0 Å². The summed E-state index contributed by atoms with van der Waals surface area (Å²) in [6.07, 6.45) is 0. The summed E-state index contributed by atoms with van der Waals surface area (Å²) in [4.78, 5) is 0. The van der Waals surface area contributed by atoms with Crippen LogP contribution in [0.2, 0.25) is 19.6 Å². The quantitative estimate of drug-likeness (QED) is 0.558. The highest BCUT2D eigenvalue weighted by Gasteiger charge is 2.18. The van der Waals surface area contributed by atoms with Gasteiger partial charge in [0.1, 0.15) is 5.76 Å². The molecule has 0 saturated heterocycles. The van der Waals surface area contributed by atoms with Crippen molar-refractivity contribution in [3.8, 4) is 0 Å². The third kappa shape index (κ3) is 3.56. The molecule has 0 bridgehead atoms. The third-order valence-corrected chi connectivity index (χ3v) is 2.60. The summed E-state index contributed by atoms with van der Waals surface area (Å²) in [5.41, 5.74) is 2.54. The topological polar surface area (TPSA) is 9.23 Å². The Balaban J connectivity index is 2.85. The zero-order chi connectivity index (χ0) is 10.6. The van der Waals surface area contributed by atoms with Crippen LogP contribution >= 0.6 is 11.6 Å². The van der Waals surface area contributed by atoms with E-state index in [0.717, 1.165) is 11.3 Å². The lowest BCUT2D eigenvalue weighted by atomic mass is 10.2. The van der Waals surface area contributed by atoms with E-state index in [9.17, 15) is 0 Å². The van der Waals surface area contributed by atoms with Crippen LogP contribution in [0.5, 0.6) is 0 Å². The minimum atomic E-state index is -1.58. The molecule has 1 rings (SSSR count). The maximum absolute atomic E-state index is 5.84. The van der Waals surface area contributed by atoms with Gasteiger partial charge in [-0.15, -0.1) is 0 Å². The maximum atomic E-state index is 5.84. The standard InChI is InChI=1S/C11H15ClOSi/c1-14(2,3)13-11(9-12)10-7-5-4-6-8-10/h4-9H,1-3H3/b11-9-. The molecule has 0 atom stereocenters. The van der Waals surface area contributed by atoms with Gasteiger partial charge in [0.05, 0.1) is 0 Å². The van der Waals surface area contributed by atoms with E-state index in [0.29, 0.717) is 0 Å². The molecular weight excluding hydrogens is 212 g/mol. The lowest BCUT2D eigenvalue weighted by molar-refractivity contribution is 0.515. The van der Waals surface area contributed by atoms with E-state index >= 15 is 0 Å². The van der Waals surface area contributed by atoms with Crippen molar-refractivity contribution in [3.63, 3.8) is 0 Å². The first-order valence-corrected chi connectivity index (χ1v) is 8.42. The van der Waals surface area contributed by atoms with E-state index in [4.69, 9.17) is 16.0 Å². The molecule has 0 aromatic heterocycles. The van der Waals surface area contributed by atoms with Crippen LogP contribution in [0.3, 0.4) is 0 Å². The Kier molecular flexibility index (Phi) is 3.78. The first kappa shape index (κ1) is 11.3. The van der Waals surface area contributed by atoms with Crippen LogP contribution in [0.4, 0.5) is 0 Å². The molecule has 0 radical (unpaired) electrons. The Morgan fingerprint density at radius 1 is 1.21 bits per heavy atom. The van der Waals surface area contributed by atoms with E-state index in [2.05, 4.69) is 19.6 Å². The SMILES string of the molecule is C[Si](C)(C)O/C(=C\Cl)c1ccccc1. The number of hydrogen-bond acceptors (Lipinski definition) is 1. The highest BCUT2D eigenvalue weighted by atomic mass is 35.5. The minimum Gasteiger partial charge on any atom is -0.543 e. The molecule has 0 aliphatic rings. The second-order valence-corrected chi connectivity index (χ2v) is 8.70. The van der Waals surface area contributed by atoms with Crippen LogP contribution in [-0.2, 0) is 4.43 Å². The predicted octanol–water partition coefficient (Wildman–Crippen LogP) is 4.08. The van der Waals surface area contributed by atoms with Gasteiger partial charge in [-0.05, 0) is 19.6 Å². The summed E-state index contributed by atoms with van der Waals surface area (Å²) in [5, 5.41) is 0. The molecule has 1 aromatic carbocycles. The van der Waals surface area contributed by atoms with Crippen molar-refractivity contribution in [2.75, 3.05) is 0 Å². The average molecular weight is 227 g/mol. The number of hydrogen-bond donors (Lipinski definition) is 0. The summed E-state index contributed by atoms with van der Waals surface area (Å²) in [6.45, 7) is 6.41. The lowest BCUT2D eigenvalue weighted by Crippen LogP contribution is -2.24. The second kappa shape index (κ2) is 4.67. The zero-order valence-corrected chi connectivity index (χ0v) is 10.5. The Labute approximate surface area is 91.5 Å². The smallest absolute Gasteiger partial charge is 0.242 e. The first-order valence-electron chi connectivity index (χ1n) is 4.58. The van der Waals surface area contributed by atoms with E-state index < -0.39 is 8.32 Å². The maximum Gasteiger partial charge on any atom is 0.242 e. The summed E-state index contributed by atoms with van der Waals surface area (Å²) in [5.74, 6) is 0.770. The van der Waals surface area contributed by atoms with E-state index in [1.165, 1.54) is 5.54 Å². The van der Waals surface area contributed by atoms with Gasteiger partial charge in [0, 0.05) is 11.1 Å². The molecule has 0 fully saturated rings. The molecule has 0 spiro atoms. The number of benzene rings is 1. The molecule has 0 saturated carbocycles. The molecule has 0 amide bonds. The van der Waals surface area contributed by atoms with E-state index in [1.54, 1.807) is 0 Å². The van der Waals surface area contributed by atoms with Crippen molar-refractivity contribution in [1.82, 2.24) is 0 Å². The molecule has 1 aromatic rings. The molecule has 3 heteroatoms. The van der Waals surface area contributed by atoms with Crippen molar-refractivity contribution in [1.29, 1.82) is 0 Å². The Morgan fingerprint density at radius 2 is 1.79 bits per heavy atom. The fourth-order valence-corrected chi connectivity index (χ4v) is 2.16. The van der Waals surface area contributed by atoms with Gasteiger partial charge in [-0.25, -0.2) is 0 Å². The van der Waals surface area contributed by atoms with Crippen LogP contribution < -0.4 is 0 Å². The van der Waals surface area contributed by atoms with Crippen LogP contribution in [0, 0.1) is 0 Å². The Morgan fingerprint density at radius 3 is 2.21 bits per heavy atom. The van der Waals surface area contributed by atoms with Gasteiger partial charge in [-0.1, -0.05) is 41.9 Å². The van der Waals surface area contributed by atoms with E-state index in [-0.39, 0.29) is 0 Å². The van der Waals surface area contributed by atoms with Gasteiger partial charge >= 0.3 is 0 Å². The third-order valence-electron chi connectivity index (χ3n) is 1.57. The van der Waals surface area contributed by atoms with Gasteiger partial charge in [0.2, 0.25) is 8.32 Å². The monoisotopic (exact) mass is 226 g/mol. The lowest BCUT2D eigenvalue weighted by Gasteiger charge is -2.21. The van der Waals surface area contributed by atoms with Crippen molar-refractivity contribution in [3.05, 3.63) is 41.4 Å². The van der Waals surface area contributed by atoms with Gasteiger partial charge < -0.3 is 4.43 Å². The fourth-order valence-electron chi connectivity index (χ4n) is 1.08. The van der Waals surface area contributed by atoms with Crippen LogP contribution in [-0.4, -0.2) is 8.32 Å². The first-order chi connectivity index (χ1) is 6.53. The van der Waals surface area contributed by atoms with E-state index in [1.807, 2.05) is 30.3 Å². The highest BCUT2D eigenvalue weighted by Crippen LogP contribution is 2.21.